The number of hydrogen-bond donors (Lipinski definition) is 2. The van der Waals surface area contributed by atoms with E-state index in [1.54, 1.807) is 0 Å². The predicted octanol–water partition coefficient (Wildman–Crippen LogP) is 0.975. The van der Waals surface area contributed by atoms with Gasteiger partial charge in [-0.05, 0) is 24.0 Å². The van der Waals surface area contributed by atoms with Crippen molar-refractivity contribution in [1.29, 1.82) is 0 Å². The van der Waals surface area contributed by atoms with Crippen molar-refractivity contribution in [2.45, 2.75) is 24.9 Å². The highest BCUT2D eigenvalue weighted by atomic mass is 32.2. The zero-order valence-electron chi connectivity index (χ0n) is 10.3. The molecule has 0 saturated carbocycles. The lowest BCUT2D eigenvalue weighted by Gasteiger charge is -2.24. The molecule has 4 heteroatoms. The van der Waals surface area contributed by atoms with Crippen LogP contribution in [0.2, 0.25) is 0 Å². The van der Waals surface area contributed by atoms with Crippen LogP contribution in [0.15, 0.2) is 24.3 Å². The van der Waals surface area contributed by atoms with E-state index >= 15 is 0 Å². The SMILES string of the molecule is O=C(NC1Cc2ccccc2C1)C1CSCCN1. The molecule has 1 unspecified atom stereocenters. The second kappa shape index (κ2) is 5.33. The van der Waals surface area contributed by atoms with E-state index in [2.05, 4.69) is 34.9 Å². The van der Waals surface area contributed by atoms with E-state index in [1.807, 2.05) is 11.8 Å². The minimum Gasteiger partial charge on any atom is -0.351 e. The minimum atomic E-state index is -0.00698. The molecule has 1 aliphatic carbocycles. The number of fused-ring (bicyclic) bond motifs is 1. The molecule has 1 atom stereocenters. The number of carbonyl (C=O) groups excluding carboxylic acids is 1. The minimum absolute atomic E-state index is 0.00698. The molecular formula is C14H18N2OS. The van der Waals surface area contributed by atoms with Gasteiger partial charge in [0.05, 0.1) is 6.04 Å². The molecule has 0 aromatic heterocycles. The maximum absolute atomic E-state index is 12.1. The summed E-state index contributed by atoms with van der Waals surface area (Å²) in [4.78, 5) is 12.1. The van der Waals surface area contributed by atoms with Gasteiger partial charge >= 0.3 is 0 Å². The van der Waals surface area contributed by atoms with E-state index < -0.39 is 0 Å². The summed E-state index contributed by atoms with van der Waals surface area (Å²) in [6.07, 6.45) is 1.95. The highest BCUT2D eigenvalue weighted by Crippen LogP contribution is 2.21. The van der Waals surface area contributed by atoms with Crippen molar-refractivity contribution in [1.82, 2.24) is 10.6 Å². The topological polar surface area (TPSA) is 41.1 Å². The van der Waals surface area contributed by atoms with Crippen LogP contribution >= 0.6 is 11.8 Å². The molecule has 1 aromatic rings. The Morgan fingerprint density at radius 2 is 2.00 bits per heavy atom. The summed E-state index contributed by atoms with van der Waals surface area (Å²) in [5.41, 5.74) is 2.77. The lowest BCUT2D eigenvalue weighted by molar-refractivity contribution is -0.123. The van der Waals surface area contributed by atoms with E-state index in [9.17, 15) is 4.79 Å². The number of amides is 1. The summed E-state index contributed by atoms with van der Waals surface area (Å²) < 4.78 is 0. The van der Waals surface area contributed by atoms with Crippen LogP contribution < -0.4 is 10.6 Å². The Kier molecular flexibility index (Phi) is 3.57. The average Bonchev–Trinajstić information content (AvgIpc) is 2.82. The summed E-state index contributed by atoms with van der Waals surface area (Å²) in [5, 5.41) is 6.46. The van der Waals surface area contributed by atoms with Gasteiger partial charge in [0.15, 0.2) is 0 Å². The molecule has 3 nitrogen and oxygen atoms in total. The van der Waals surface area contributed by atoms with Crippen LogP contribution in [-0.2, 0) is 17.6 Å². The Bertz CT molecular complexity index is 418. The standard InChI is InChI=1S/C14H18N2OS/c17-14(13-9-18-6-5-15-13)16-12-7-10-3-1-2-4-11(10)8-12/h1-4,12-13,15H,5-9H2,(H,16,17). The number of nitrogens with one attached hydrogen (secondary N) is 2. The Labute approximate surface area is 112 Å². The molecule has 2 aliphatic rings. The lowest BCUT2D eigenvalue weighted by Crippen LogP contribution is -2.51. The molecule has 0 bridgehead atoms. The zero-order valence-corrected chi connectivity index (χ0v) is 11.1. The van der Waals surface area contributed by atoms with Crippen molar-refractivity contribution in [2.75, 3.05) is 18.1 Å². The van der Waals surface area contributed by atoms with Gasteiger partial charge in [-0.3, -0.25) is 4.79 Å². The maximum Gasteiger partial charge on any atom is 0.238 e. The van der Waals surface area contributed by atoms with Crippen LogP contribution in [0, 0.1) is 0 Å². The Morgan fingerprint density at radius 3 is 2.61 bits per heavy atom. The van der Waals surface area contributed by atoms with Gasteiger partial charge in [0.1, 0.15) is 0 Å². The fourth-order valence-electron chi connectivity index (χ4n) is 2.70. The molecule has 18 heavy (non-hydrogen) atoms. The van der Waals surface area contributed by atoms with E-state index in [-0.39, 0.29) is 18.0 Å². The van der Waals surface area contributed by atoms with Crippen molar-refractivity contribution in [2.24, 2.45) is 0 Å². The molecule has 1 amide bonds. The number of hydrogen-bond acceptors (Lipinski definition) is 3. The molecule has 1 aliphatic heterocycles. The smallest absolute Gasteiger partial charge is 0.238 e. The molecule has 0 radical (unpaired) electrons. The molecule has 1 fully saturated rings. The average molecular weight is 262 g/mol. The third-order valence-electron chi connectivity index (χ3n) is 3.64. The first-order chi connectivity index (χ1) is 8.83. The van der Waals surface area contributed by atoms with Crippen LogP contribution in [0.4, 0.5) is 0 Å². The Balaban J connectivity index is 1.57. The number of rotatable bonds is 2. The molecule has 2 N–H and O–H groups in total. The molecule has 1 aromatic carbocycles. The van der Waals surface area contributed by atoms with Crippen molar-refractivity contribution in [3.8, 4) is 0 Å². The van der Waals surface area contributed by atoms with Gasteiger partial charge in [-0.25, -0.2) is 0 Å². The van der Waals surface area contributed by atoms with Crippen molar-refractivity contribution in [3.63, 3.8) is 0 Å². The second-order valence-electron chi connectivity index (χ2n) is 4.96. The van der Waals surface area contributed by atoms with Crippen LogP contribution in [0.25, 0.3) is 0 Å². The first-order valence-electron chi connectivity index (χ1n) is 6.51. The van der Waals surface area contributed by atoms with Crippen LogP contribution in [-0.4, -0.2) is 36.0 Å². The van der Waals surface area contributed by atoms with Gasteiger partial charge < -0.3 is 10.6 Å². The first-order valence-corrected chi connectivity index (χ1v) is 7.66. The summed E-state index contributed by atoms with van der Waals surface area (Å²) in [6.45, 7) is 0.938. The number of benzene rings is 1. The van der Waals surface area contributed by atoms with Crippen LogP contribution in [0.3, 0.4) is 0 Å². The predicted molar refractivity (Wildman–Crippen MR) is 74.9 cm³/mol. The van der Waals surface area contributed by atoms with E-state index in [0.717, 1.165) is 30.9 Å². The van der Waals surface area contributed by atoms with Crippen molar-refractivity contribution < 1.29 is 4.79 Å². The van der Waals surface area contributed by atoms with Gasteiger partial charge in [0, 0.05) is 24.1 Å². The normalized spacial score (nSPS) is 23.7. The van der Waals surface area contributed by atoms with E-state index in [1.165, 1.54) is 11.1 Å². The summed E-state index contributed by atoms with van der Waals surface area (Å²) in [7, 11) is 0. The van der Waals surface area contributed by atoms with E-state index in [4.69, 9.17) is 0 Å². The molecule has 1 saturated heterocycles. The fourth-order valence-corrected chi connectivity index (χ4v) is 3.63. The van der Waals surface area contributed by atoms with Gasteiger partial charge in [0.2, 0.25) is 5.91 Å². The fraction of sp³-hybridized carbons (Fsp3) is 0.500. The Morgan fingerprint density at radius 1 is 1.28 bits per heavy atom. The van der Waals surface area contributed by atoms with Crippen LogP contribution in [0.5, 0.6) is 0 Å². The molecule has 1 heterocycles. The molecule has 0 spiro atoms. The van der Waals surface area contributed by atoms with Crippen molar-refractivity contribution in [3.05, 3.63) is 35.4 Å². The Hall–Kier alpha value is -1.00. The van der Waals surface area contributed by atoms with Crippen molar-refractivity contribution >= 4 is 17.7 Å². The third-order valence-corrected chi connectivity index (χ3v) is 4.70. The maximum atomic E-state index is 12.1. The summed E-state index contributed by atoms with van der Waals surface area (Å²) >= 11 is 1.85. The highest BCUT2D eigenvalue weighted by molar-refractivity contribution is 7.99. The largest absolute Gasteiger partial charge is 0.351 e. The summed E-state index contributed by atoms with van der Waals surface area (Å²) in [6, 6.07) is 8.74. The summed E-state index contributed by atoms with van der Waals surface area (Å²) in [5.74, 6) is 2.17. The lowest BCUT2D eigenvalue weighted by atomic mass is 10.1. The van der Waals surface area contributed by atoms with Gasteiger partial charge in [-0.2, -0.15) is 11.8 Å². The number of carbonyl (C=O) groups is 1. The van der Waals surface area contributed by atoms with Crippen LogP contribution in [0.1, 0.15) is 11.1 Å². The zero-order chi connectivity index (χ0) is 12.4. The number of thioether (sulfide) groups is 1. The second-order valence-corrected chi connectivity index (χ2v) is 6.11. The first kappa shape index (κ1) is 12.1. The molecule has 3 rings (SSSR count). The van der Waals surface area contributed by atoms with E-state index in [0.29, 0.717) is 0 Å². The molecular weight excluding hydrogens is 244 g/mol. The monoisotopic (exact) mass is 262 g/mol. The quantitative estimate of drug-likeness (QED) is 0.834. The highest BCUT2D eigenvalue weighted by Gasteiger charge is 2.26. The third kappa shape index (κ3) is 2.54. The molecule has 96 valence electrons. The van der Waals surface area contributed by atoms with Gasteiger partial charge in [-0.15, -0.1) is 0 Å². The van der Waals surface area contributed by atoms with Gasteiger partial charge in [0.25, 0.3) is 0 Å². The van der Waals surface area contributed by atoms with Gasteiger partial charge in [-0.1, -0.05) is 24.3 Å².